The Kier molecular flexibility index (Phi) is 5.45. The molecule has 0 bridgehead atoms. The number of carboxylic acids is 1. The van der Waals surface area contributed by atoms with Gasteiger partial charge in [-0.25, -0.2) is 14.0 Å². The highest BCUT2D eigenvalue weighted by Crippen LogP contribution is 2.16. The molecule has 3 N–H and O–H groups in total. The van der Waals surface area contributed by atoms with Gasteiger partial charge in [0.1, 0.15) is 5.82 Å². The van der Waals surface area contributed by atoms with Crippen molar-refractivity contribution < 1.29 is 19.1 Å². The quantitative estimate of drug-likeness (QED) is 0.766. The molecule has 0 saturated carbocycles. The Morgan fingerprint density at radius 3 is 2.60 bits per heavy atom. The van der Waals surface area contributed by atoms with Gasteiger partial charge < -0.3 is 20.6 Å². The predicted octanol–water partition coefficient (Wildman–Crippen LogP) is 1.60. The van der Waals surface area contributed by atoms with Crippen molar-refractivity contribution in [1.82, 2.24) is 10.2 Å². The van der Waals surface area contributed by atoms with Crippen molar-refractivity contribution in [1.29, 1.82) is 0 Å². The maximum atomic E-state index is 13.0. The van der Waals surface area contributed by atoms with E-state index in [0.717, 1.165) is 12.1 Å². The van der Waals surface area contributed by atoms with Gasteiger partial charge in [-0.3, -0.25) is 0 Å². The zero-order valence-corrected chi connectivity index (χ0v) is 11.6. The minimum absolute atomic E-state index is 0.0499. The fourth-order valence-corrected chi connectivity index (χ4v) is 1.39. The summed E-state index contributed by atoms with van der Waals surface area (Å²) in [6, 6.07) is 2.76. The monoisotopic (exact) mass is 283 g/mol. The number of rotatable bonds is 5. The van der Waals surface area contributed by atoms with Gasteiger partial charge >= 0.3 is 12.0 Å². The number of anilines is 1. The molecule has 1 unspecified atom stereocenters. The van der Waals surface area contributed by atoms with Crippen LogP contribution in [0.3, 0.4) is 0 Å². The molecule has 6 nitrogen and oxygen atoms in total. The molecule has 0 heterocycles. The van der Waals surface area contributed by atoms with Crippen molar-refractivity contribution in [3.63, 3.8) is 0 Å². The number of aromatic carboxylic acids is 1. The van der Waals surface area contributed by atoms with E-state index in [2.05, 4.69) is 10.6 Å². The van der Waals surface area contributed by atoms with Crippen molar-refractivity contribution in [3.8, 4) is 0 Å². The zero-order valence-electron chi connectivity index (χ0n) is 11.6. The second-order valence-corrected chi connectivity index (χ2v) is 4.64. The van der Waals surface area contributed by atoms with E-state index >= 15 is 0 Å². The zero-order chi connectivity index (χ0) is 15.3. The van der Waals surface area contributed by atoms with E-state index in [-0.39, 0.29) is 17.3 Å². The summed E-state index contributed by atoms with van der Waals surface area (Å²) < 4.78 is 13.0. The van der Waals surface area contributed by atoms with E-state index < -0.39 is 17.8 Å². The summed E-state index contributed by atoms with van der Waals surface area (Å²) in [4.78, 5) is 24.6. The van der Waals surface area contributed by atoms with Crippen LogP contribution in [0, 0.1) is 5.82 Å². The van der Waals surface area contributed by atoms with Crippen LogP contribution in [0.2, 0.25) is 0 Å². The third-order valence-electron chi connectivity index (χ3n) is 2.90. The summed E-state index contributed by atoms with van der Waals surface area (Å²) in [5.41, 5.74) is -0.241. The highest BCUT2D eigenvalue weighted by atomic mass is 19.1. The lowest BCUT2D eigenvalue weighted by molar-refractivity contribution is 0.0697. The van der Waals surface area contributed by atoms with Crippen LogP contribution in [0.15, 0.2) is 18.2 Å². The molecule has 0 spiro atoms. The van der Waals surface area contributed by atoms with E-state index in [1.807, 2.05) is 25.9 Å². The van der Waals surface area contributed by atoms with Crippen LogP contribution in [0.1, 0.15) is 17.3 Å². The Hall–Kier alpha value is -2.15. The Morgan fingerprint density at radius 2 is 2.05 bits per heavy atom. The summed E-state index contributed by atoms with van der Waals surface area (Å²) in [6.45, 7) is 2.34. The molecule has 0 aliphatic heterocycles. The van der Waals surface area contributed by atoms with Crippen LogP contribution in [0.25, 0.3) is 0 Å². The molecular weight excluding hydrogens is 265 g/mol. The third-order valence-corrected chi connectivity index (χ3v) is 2.90. The summed E-state index contributed by atoms with van der Waals surface area (Å²) in [6.07, 6.45) is 0. The van der Waals surface area contributed by atoms with Crippen molar-refractivity contribution in [2.45, 2.75) is 13.0 Å². The Bertz CT molecular complexity index is 506. The lowest BCUT2D eigenvalue weighted by atomic mass is 10.2. The van der Waals surface area contributed by atoms with Crippen molar-refractivity contribution in [2.24, 2.45) is 0 Å². The van der Waals surface area contributed by atoms with Crippen LogP contribution in [-0.4, -0.2) is 48.7 Å². The number of hydrogen-bond acceptors (Lipinski definition) is 3. The molecule has 1 aromatic rings. The lowest BCUT2D eigenvalue weighted by Crippen LogP contribution is -2.40. The molecule has 1 atom stereocenters. The average Bonchev–Trinajstić information content (AvgIpc) is 2.37. The fourth-order valence-electron chi connectivity index (χ4n) is 1.39. The molecule has 1 rings (SSSR count). The van der Waals surface area contributed by atoms with E-state index in [0.29, 0.717) is 6.54 Å². The number of benzene rings is 1. The average molecular weight is 283 g/mol. The molecular formula is C13H18FN3O3. The number of amides is 2. The minimum atomic E-state index is -1.30. The van der Waals surface area contributed by atoms with Crippen LogP contribution >= 0.6 is 0 Å². The molecule has 1 aromatic carbocycles. The Balaban J connectivity index is 2.69. The van der Waals surface area contributed by atoms with Crippen LogP contribution < -0.4 is 10.6 Å². The minimum Gasteiger partial charge on any atom is -0.478 e. The number of carbonyl (C=O) groups is 2. The molecule has 0 aliphatic rings. The summed E-state index contributed by atoms with van der Waals surface area (Å²) in [5, 5.41) is 14.0. The first-order valence-electron chi connectivity index (χ1n) is 6.05. The number of carbonyl (C=O) groups excluding carboxylic acids is 1. The van der Waals surface area contributed by atoms with Crippen molar-refractivity contribution >= 4 is 17.7 Å². The number of urea groups is 1. The smallest absolute Gasteiger partial charge is 0.337 e. The molecule has 2 amide bonds. The van der Waals surface area contributed by atoms with Crippen molar-refractivity contribution in [2.75, 3.05) is 26.0 Å². The number of carboxylic acid groups (broad SMARTS) is 1. The third kappa shape index (κ3) is 4.51. The molecule has 20 heavy (non-hydrogen) atoms. The Labute approximate surface area is 116 Å². The van der Waals surface area contributed by atoms with E-state index in [1.165, 1.54) is 6.07 Å². The van der Waals surface area contributed by atoms with Crippen LogP contribution in [0.4, 0.5) is 14.9 Å². The number of likely N-dealkylation sites (N-methyl/N-ethyl adjacent to an activating group) is 1. The molecule has 0 radical (unpaired) electrons. The van der Waals surface area contributed by atoms with Gasteiger partial charge in [0.15, 0.2) is 0 Å². The topological polar surface area (TPSA) is 81.7 Å². The number of hydrogen-bond donors (Lipinski definition) is 3. The van der Waals surface area contributed by atoms with Gasteiger partial charge in [-0.05, 0) is 39.2 Å². The summed E-state index contributed by atoms with van der Waals surface area (Å²) in [5.74, 6) is -1.98. The largest absolute Gasteiger partial charge is 0.478 e. The second-order valence-electron chi connectivity index (χ2n) is 4.64. The van der Waals surface area contributed by atoms with Gasteiger partial charge in [-0.2, -0.15) is 0 Å². The molecule has 0 fully saturated rings. The highest BCUT2D eigenvalue weighted by Gasteiger charge is 2.14. The van der Waals surface area contributed by atoms with E-state index in [9.17, 15) is 14.0 Å². The first-order valence-corrected chi connectivity index (χ1v) is 6.05. The standard InChI is InChI=1S/C13H18FN3O3/c1-8(17(2)3)7-15-13(20)16-11-5-4-9(14)6-10(11)12(18)19/h4-6,8H,7H2,1-3H3,(H,18,19)(H2,15,16,20). The van der Waals surface area contributed by atoms with Gasteiger partial charge in [-0.1, -0.05) is 0 Å². The van der Waals surface area contributed by atoms with Gasteiger partial charge in [0.25, 0.3) is 0 Å². The van der Waals surface area contributed by atoms with Crippen molar-refractivity contribution in [3.05, 3.63) is 29.6 Å². The maximum absolute atomic E-state index is 13.0. The van der Waals surface area contributed by atoms with E-state index in [1.54, 1.807) is 0 Å². The lowest BCUT2D eigenvalue weighted by Gasteiger charge is -2.20. The number of halogens is 1. The normalized spacial score (nSPS) is 12.1. The maximum Gasteiger partial charge on any atom is 0.337 e. The predicted molar refractivity (Wildman–Crippen MR) is 73.5 cm³/mol. The van der Waals surface area contributed by atoms with Crippen LogP contribution in [0.5, 0.6) is 0 Å². The van der Waals surface area contributed by atoms with E-state index in [4.69, 9.17) is 5.11 Å². The summed E-state index contributed by atoms with van der Waals surface area (Å²) >= 11 is 0. The molecule has 0 saturated heterocycles. The number of nitrogens with one attached hydrogen (secondary N) is 2. The SMILES string of the molecule is CC(CNC(=O)Nc1ccc(F)cc1C(=O)O)N(C)C. The molecule has 110 valence electrons. The fraction of sp³-hybridized carbons (Fsp3) is 0.385. The molecule has 7 heteroatoms. The summed E-state index contributed by atoms with van der Waals surface area (Å²) in [7, 11) is 3.76. The first-order chi connectivity index (χ1) is 9.31. The van der Waals surface area contributed by atoms with Crippen LogP contribution in [-0.2, 0) is 0 Å². The second kappa shape index (κ2) is 6.85. The van der Waals surface area contributed by atoms with Gasteiger partial charge in [0, 0.05) is 12.6 Å². The molecule has 0 aromatic heterocycles. The van der Waals surface area contributed by atoms with Gasteiger partial charge in [0.2, 0.25) is 0 Å². The number of nitrogens with zero attached hydrogens (tertiary/aromatic N) is 1. The molecule has 0 aliphatic carbocycles. The highest BCUT2D eigenvalue weighted by molar-refractivity contribution is 5.99. The van der Waals surface area contributed by atoms with Gasteiger partial charge in [-0.15, -0.1) is 0 Å². The van der Waals surface area contributed by atoms with Gasteiger partial charge in [0.05, 0.1) is 11.3 Å². The first kappa shape index (κ1) is 15.9. The Morgan fingerprint density at radius 1 is 1.40 bits per heavy atom.